The van der Waals surface area contributed by atoms with Gasteiger partial charge in [0.1, 0.15) is 0 Å². The van der Waals surface area contributed by atoms with Gasteiger partial charge in [0.25, 0.3) is 5.56 Å². The topological polar surface area (TPSA) is 28.5 Å². The van der Waals surface area contributed by atoms with E-state index in [0.29, 0.717) is 0 Å². The van der Waals surface area contributed by atoms with Gasteiger partial charge < -0.3 is 9.47 Å². The third kappa shape index (κ3) is 3.65. The molecule has 0 spiro atoms. The SMILES string of the molecule is O=c1c(CN2CCCC2)cc2cc3c(cc2n1CCN1CCCCC1)CCC3. The summed E-state index contributed by atoms with van der Waals surface area (Å²) in [6.07, 6.45) is 10.1. The highest BCUT2D eigenvalue weighted by molar-refractivity contribution is 5.82. The van der Waals surface area contributed by atoms with Crippen molar-refractivity contribution in [2.75, 3.05) is 32.7 Å². The Labute approximate surface area is 168 Å². The van der Waals surface area contributed by atoms with Gasteiger partial charge >= 0.3 is 0 Å². The summed E-state index contributed by atoms with van der Waals surface area (Å²) in [5, 5.41) is 1.27. The van der Waals surface area contributed by atoms with Crippen molar-refractivity contribution in [3.8, 4) is 0 Å². The summed E-state index contributed by atoms with van der Waals surface area (Å²) < 4.78 is 2.11. The fourth-order valence-corrected chi connectivity index (χ4v) is 5.45. The first-order valence-corrected chi connectivity index (χ1v) is 11.4. The van der Waals surface area contributed by atoms with E-state index >= 15 is 0 Å². The van der Waals surface area contributed by atoms with E-state index < -0.39 is 0 Å². The first-order valence-electron chi connectivity index (χ1n) is 11.4. The summed E-state index contributed by atoms with van der Waals surface area (Å²) >= 11 is 0. The number of aromatic nitrogens is 1. The Bertz CT molecular complexity index is 904. The number of fused-ring (bicyclic) bond motifs is 2. The van der Waals surface area contributed by atoms with Gasteiger partial charge in [-0.05, 0) is 106 Å². The summed E-state index contributed by atoms with van der Waals surface area (Å²) in [5.41, 5.74) is 5.36. The molecule has 1 aromatic heterocycles. The molecule has 0 atom stereocenters. The molecule has 0 radical (unpaired) electrons. The van der Waals surface area contributed by atoms with Crippen LogP contribution < -0.4 is 5.56 Å². The van der Waals surface area contributed by atoms with Crippen LogP contribution in [-0.4, -0.2) is 47.1 Å². The minimum absolute atomic E-state index is 0.245. The zero-order valence-corrected chi connectivity index (χ0v) is 17.1. The fraction of sp³-hybridized carbons (Fsp3) is 0.625. The van der Waals surface area contributed by atoms with Crippen molar-refractivity contribution in [2.45, 2.75) is 64.5 Å². The van der Waals surface area contributed by atoms with E-state index in [1.54, 1.807) is 0 Å². The second kappa shape index (κ2) is 8.00. The third-order valence-corrected chi connectivity index (χ3v) is 7.06. The predicted molar refractivity (Wildman–Crippen MR) is 115 cm³/mol. The number of likely N-dealkylation sites (tertiary alicyclic amines) is 2. The third-order valence-electron chi connectivity index (χ3n) is 7.06. The first kappa shape index (κ1) is 18.4. The molecule has 3 heterocycles. The molecule has 2 saturated heterocycles. The van der Waals surface area contributed by atoms with Crippen molar-refractivity contribution < 1.29 is 0 Å². The van der Waals surface area contributed by atoms with Crippen molar-refractivity contribution in [1.82, 2.24) is 14.4 Å². The first-order chi connectivity index (χ1) is 13.8. The lowest BCUT2D eigenvalue weighted by Gasteiger charge is -2.27. The molecule has 5 rings (SSSR count). The van der Waals surface area contributed by atoms with Gasteiger partial charge in [-0.1, -0.05) is 6.42 Å². The van der Waals surface area contributed by atoms with Crippen molar-refractivity contribution in [1.29, 1.82) is 0 Å². The molecular weight excluding hydrogens is 346 g/mol. The second-order valence-corrected chi connectivity index (χ2v) is 9.05. The maximum Gasteiger partial charge on any atom is 0.255 e. The number of rotatable bonds is 5. The highest BCUT2D eigenvalue weighted by Gasteiger charge is 2.19. The fourth-order valence-electron chi connectivity index (χ4n) is 5.45. The largest absolute Gasteiger partial charge is 0.307 e. The number of hydrogen-bond acceptors (Lipinski definition) is 3. The lowest BCUT2D eigenvalue weighted by Crippen LogP contribution is -2.36. The number of benzene rings is 1. The van der Waals surface area contributed by atoms with E-state index in [-0.39, 0.29) is 5.56 Å². The molecule has 4 heteroatoms. The zero-order chi connectivity index (χ0) is 18.9. The molecule has 2 fully saturated rings. The number of pyridine rings is 1. The number of nitrogens with zero attached hydrogens (tertiary/aromatic N) is 3. The van der Waals surface area contributed by atoms with Crippen molar-refractivity contribution >= 4 is 10.9 Å². The summed E-state index contributed by atoms with van der Waals surface area (Å²) in [4.78, 5) is 18.5. The van der Waals surface area contributed by atoms with Crippen LogP contribution in [0.5, 0.6) is 0 Å². The van der Waals surface area contributed by atoms with Crippen LogP contribution in [0.1, 0.15) is 55.2 Å². The Balaban J connectivity index is 1.51. The molecule has 150 valence electrons. The highest BCUT2D eigenvalue weighted by atomic mass is 16.1. The Morgan fingerprint density at radius 3 is 2.18 bits per heavy atom. The van der Waals surface area contributed by atoms with E-state index in [0.717, 1.165) is 43.8 Å². The minimum Gasteiger partial charge on any atom is -0.307 e. The average molecular weight is 380 g/mol. The summed E-state index contributed by atoms with van der Waals surface area (Å²) in [6, 6.07) is 6.91. The second-order valence-electron chi connectivity index (χ2n) is 9.05. The molecule has 0 bridgehead atoms. The Kier molecular flexibility index (Phi) is 5.25. The van der Waals surface area contributed by atoms with Gasteiger partial charge in [0.2, 0.25) is 0 Å². The monoisotopic (exact) mass is 379 g/mol. The lowest BCUT2D eigenvalue weighted by molar-refractivity contribution is 0.220. The van der Waals surface area contributed by atoms with Crippen LogP contribution in [0.15, 0.2) is 23.0 Å². The van der Waals surface area contributed by atoms with E-state index in [9.17, 15) is 4.79 Å². The molecule has 3 aliphatic rings. The molecule has 2 aliphatic heterocycles. The van der Waals surface area contributed by atoms with Crippen LogP contribution in [0.2, 0.25) is 0 Å². The van der Waals surface area contributed by atoms with Crippen LogP contribution in [-0.2, 0) is 25.9 Å². The Morgan fingerprint density at radius 2 is 1.39 bits per heavy atom. The molecule has 1 aromatic carbocycles. The maximum atomic E-state index is 13.5. The maximum absolute atomic E-state index is 13.5. The number of hydrogen-bond donors (Lipinski definition) is 0. The molecule has 0 unspecified atom stereocenters. The molecule has 0 saturated carbocycles. The van der Waals surface area contributed by atoms with E-state index in [4.69, 9.17) is 0 Å². The molecule has 2 aromatic rings. The van der Waals surface area contributed by atoms with Crippen molar-refractivity contribution in [2.24, 2.45) is 0 Å². The number of piperidine rings is 1. The van der Waals surface area contributed by atoms with Crippen LogP contribution in [0, 0.1) is 0 Å². The highest BCUT2D eigenvalue weighted by Crippen LogP contribution is 2.28. The molecule has 0 amide bonds. The van der Waals surface area contributed by atoms with Crippen LogP contribution in [0.4, 0.5) is 0 Å². The molecule has 0 N–H and O–H groups in total. The van der Waals surface area contributed by atoms with Gasteiger partial charge in [-0.3, -0.25) is 9.69 Å². The zero-order valence-electron chi connectivity index (χ0n) is 17.1. The molecule has 1 aliphatic carbocycles. The van der Waals surface area contributed by atoms with Gasteiger partial charge in [0, 0.05) is 25.2 Å². The minimum atomic E-state index is 0.245. The smallest absolute Gasteiger partial charge is 0.255 e. The van der Waals surface area contributed by atoms with Gasteiger partial charge in [-0.2, -0.15) is 0 Å². The standard InChI is InChI=1S/C24H33N3O/c28-24-22(18-26-11-4-5-12-26)16-21-15-19-7-6-8-20(19)17-23(21)27(24)14-13-25-9-2-1-3-10-25/h15-17H,1-14,18H2. The van der Waals surface area contributed by atoms with Gasteiger partial charge in [-0.15, -0.1) is 0 Å². The average Bonchev–Trinajstić information content (AvgIpc) is 3.39. The van der Waals surface area contributed by atoms with Gasteiger partial charge in [0.05, 0.1) is 5.52 Å². The van der Waals surface area contributed by atoms with E-state index in [1.807, 2.05) is 0 Å². The Hall–Kier alpha value is -1.65. The van der Waals surface area contributed by atoms with Crippen LogP contribution in [0.25, 0.3) is 10.9 Å². The summed E-state index contributed by atoms with van der Waals surface area (Å²) in [7, 11) is 0. The Morgan fingerprint density at radius 1 is 0.714 bits per heavy atom. The summed E-state index contributed by atoms with van der Waals surface area (Å²) in [6.45, 7) is 7.28. The van der Waals surface area contributed by atoms with E-state index in [1.165, 1.54) is 81.0 Å². The number of aryl methyl sites for hydroxylation is 2. The van der Waals surface area contributed by atoms with Crippen LogP contribution in [0.3, 0.4) is 0 Å². The lowest BCUT2D eigenvalue weighted by atomic mass is 10.0. The van der Waals surface area contributed by atoms with Crippen molar-refractivity contribution in [3.63, 3.8) is 0 Å². The molecule has 4 nitrogen and oxygen atoms in total. The van der Waals surface area contributed by atoms with E-state index in [2.05, 4.69) is 32.6 Å². The van der Waals surface area contributed by atoms with Crippen molar-refractivity contribution in [3.05, 3.63) is 45.2 Å². The normalized spacial score (nSPS) is 20.9. The van der Waals surface area contributed by atoms with Gasteiger partial charge in [-0.25, -0.2) is 0 Å². The van der Waals surface area contributed by atoms with Gasteiger partial charge in [0.15, 0.2) is 0 Å². The quantitative estimate of drug-likeness (QED) is 0.795. The molecule has 28 heavy (non-hydrogen) atoms. The summed E-state index contributed by atoms with van der Waals surface area (Å²) in [5.74, 6) is 0. The predicted octanol–water partition coefficient (Wildman–Crippen LogP) is 3.57. The molecular formula is C24H33N3O. The van der Waals surface area contributed by atoms with Crippen LogP contribution >= 0.6 is 0 Å².